The second kappa shape index (κ2) is 14.9. The van der Waals surface area contributed by atoms with Gasteiger partial charge in [-0.15, -0.1) is 0 Å². The van der Waals surface area contributed by atoms with Crippen molar-refractivity contribution in [3.8, 4) is 5.75 Å². The van der Waals surface area contributed by atoms with Gasteiger partial charge in [0, 0.05) is 24.0 Å². The topological polar surface area (TPSA) is 96.0 Å². The highest BCUT2D eigenvalue weighted by Gasteiger charge is 2.34. The summed E-state index contributed by atoms with van der Waals surface area (Å²) in [6.07, 6.45) is 1.98. The summed E-state index contributed by atoms with van der Waals surface area (Å²) in [7, 11) is -3.92. The minimum atomic E-state index is -3.92. The maximum absolute atomic E-state index is 14.2. The first-order valence-electron chi connectivity index (χ1n) is 13.6. The molecule has 8 nitrogen and oxygen atoms in total. The second-order valence-corrected chi connectivity index (χ2v) is 12.1. The Bertz CT molecular complexity index is 1420. The molecule has 1 N–H and O–H groups in total. The van der Waals surface area contributed by atoms with Crippen molar-refractivity contribution >= 4 is 39.1 Å². The normalized spacial score (nSPS) is 12.7. The molecule has 0 bridgehead atoms. The van der Waals surface area contributed by atoms with E-state index in [0.29, 0.717) is 29.4 Å². The number of hydrogen-bond acceptors (Lipinski definition) is 5. The molecule has 0 unspecified atom stereocenters. The van der Waals surface area contributed by atoms with E-state index in [9.17, 15) is 18.0 Å². The molecule has 10 heteroatoms. The van der Waals surface area contributed by atoms with Gasteiger partial charge >= 0.3 is 0 Å². The number of nitrogens with zero attached hydrogens (tertiary/aromatic N) is 2. The van der Waals surface area contributed by atoms with Gasteiger partial charge in [-0.3, -0.25) is 13.9 Å². The lowest BCUT2D eigenvalue weighted by Gasteiger charge is -2.34. The SMILES string of the molecule is CCOc1ccccc1N(CC(=O)N(Cc1ccccc1Cl)[C@@H](Cc1ccccc1)C(=O)N[C@@H](C)CC)S(C)(=O)=O. The van der Waals surface area contributed by atoms with Crippen LogP contribution in [0.3, 0.4) is 0 Å². The predicted molar refractivity (Wildman–Crippen MR) is 164 cm³/mol. The summed E-state index contributed by atoms with van der Waals surface area (Å²) in [5.41, 5.74) is 1.74. The fraction of sp³-hybridized carbons (Fsp3) is 0.355. The number of nitrogens with one attached hydrogen (secondary N) is 1. The summed E-state index contributed by atoms with van der Waals surface area (Å²) in [5.74, 6) is -0.549. The van der Waals surface area contributed by atoms with Crippen molar-refractivity contribution in [1.29, 1.82) is 0 Å². The van der Waals surface area contributed by atoms with E-state index < -0.39 is 28.5 Å². The number of anilines is 1. The Morgan fingerprint density at radius 2 is 1.59 bits per heavy atom. The molecule has 0 spiro atoms. The Morgan fingerprint density at radius 1 is 0.951 bits per heavy atom. The summed E-state index contributed by atoms with van der Waals surface area (Å²) in [5, 5.41) is 3.45. The van der Waals surface area contributed by atoms with Crippen molar-refractivity contribution in [2.45, 2.75) is 52.2 Å². The van der Waals surface area contributed by atoms with Crippen molar-refractivity contribution in [3.05, 3.63) is 95.0 Å². The van der Waals surface area contributed by atoms with Crippen LogP contribution in [0.25, 0.3) is 0 Å². The van der Waals surface area contributed by atoms with Gasteiger partial charge in [0.2, 0.25) is 21.8 Å². The zero-order chi connectivity index (χ0) is 30.0. The Hall–Kier alpha value is -3.56. The van der Waals surface area contributed by atoms with Crippen molar-refractivity contribution in [2.24, 2.45) is 0 Å². The van der Waals surface area contributed by atoms with Crippen LogP contribution in [0.2, 0.25) is 5.02 Å². The molecule has 0 saturated heterocycles. The Morgan fingerprint density at radius 3 is 2.22 bits per heavy atom. The van der Waals surface area contributed by atoms with Crippen molar-refractivity contribution < 1.29 is 22.7 Å². The Labute approximate surface area is 248 Å². The lowest BCUT2D eigenvalue weighted by atomic mass is 10.0. The minimum absolute atomic E-state index is 0.00857. The molecule has 0 radical (unpaired) electrons. The van der Waals surface area contributed by atoms with Crippen molar-refractivity contribution in [2.75, 3.05) is 23.7 Å². The standard InChI is InChI=1S/C31H38ClN3O5S/c1-5-23(3)33-31(37)28(20-24-14-8-7-9-15-24)34(21-25-16-10-11-17-26(25)32)30(36)22-35(41(4,38)39)27-18-12-13-19-29(27)40-6-2/h7-19,23,28H,5-6,20-22H2,1-4H3,(H,33,37)/t23-,28-/m0/s1. The lowest BCUT2D eigenvalue weighted by molar-refractivity contribution is -0.140. The summed E-state index contributed by atoms with van der Waals surface area (Å²) in [4.78, 5) is 29.4. The van der Waals surface area contributed by atoms with Gasteiger partial charge in [0.15, 0.2) is 0 Å². The van der Waals surface area contributed by atoms with Crippen molar-refractivity contribution in [3.63, 3.8) is 0 Å². The number of para-hydroxylation sites is 2. The zero-order valence-corrected chi connectivity index (χ0v) is 25.5. The van der Waals surface area contributed by atoms with Gasteiger partial charge in [-0.05, 0) is 49.6 Å². The van der Waals surface area contributed by atoms with Crippen LogP contribution in [0, 0.1) is 0 Å². The average molecular weight is 600 g/mol. The largest absolute Gasteiger partial charge is 0.492 e. The van der Waals surface area contributed by atoms with Crippen LogP contribution >= 0.6 is 11.6 Å². The molecule has 2 amide bonds. The van der Waals surface area contributed by atoms with Gasteiger partial charge in [-0.1, -0.05) is 79.2 Å². The number of ether oxygens (including phenoxy) is 1. The van der Waals surface area contributed by atoms with Gasteiger partial charge in [-0.2, -0.15) is 0 Å². The molecule has 3 aromatic carbocycles. The smallest absolute Gasteiger partial charge is 0.244 e. The maximum Gasteiger partial charge on any atom is 0.244 e. The molecule has 41 heavy (non-hydrogen) atoms. The molecule has 3 aromatic rings. The van der Waals surface area contributed by atoms with Gasteiger partial charge in [-0.25, -0.2) is 8.42 Å². The van der Waals surface area contributed by atoms with E-state index in [1.54, 1.807) is 55.5 Å². The number of halogens is 1. The van der Waals surface area contributed by atoms with E-state index in [4.69, 9.17) is 16.3 Å². The van der Waals surface area contributed by atoms with E-state index in [1.807, 2.05) is 44.2 Å². The summed E-state index contributed by atoms with van der Waals surface area (Å²) in [6.45, 7) is 5.44. The van der Waals surface area contributed by atoms with Crippen LogP contribution in [0.4, 0.5) is 5.69 Å². The number of carbonyl (C=O) groups excluding carboxylic acids is 2. The van der Waals surface area contributed by atoms with Gasteiger partial charge < -0.3 is 15.0 Å². The number of rotatable bonds is 14. The van der Waals surface area contributed by atoms with E-state index in [-0.39, 0.29) is 30.6 Å². The third kappa shape index (κ3) is 8.96. The van der Waals surface area contributed by atoms with Crippen molar-refractivity contribution in [1.82, 2.24) is 10.2 Å². The Balaban J connectivity index is 2.09. The first-order chi connectivity index (χ1) is 19.5. The number of benzene rings is 3. The zero-order valence-electron chi connectivity index (χ0n) is 23.9. The maximum atomic E-state index is 14.2. The molecule has 220 valence electrons. The van der Waals surface area contributed by atoms with Gasteiger partial charge in [0.05, 0.1) is 18.6 Å². The minimum Gasteiger partial charge on any atom is -0.492 e. The summed E-state index contributed by atoms with van der Waals surface area (Å²) < 4.78 is 32.8. The molecule has 0 aliphatic carbocycles. The molecule has 2 atom stereocenters. The summed E-state index contributed by atoms with van der Waals surface area (Å²) in [6, 6.07) is 22.1. The van der Waals surface area contributed by atoms with Crippen LogP contribution in [-0.4, -0.2) is 56.6 Å². The van der Waals surface area contributed by atoms with E-state index in [0.717, 1.165) is 16.1 Å². The van der Waals surface area contributed by atoms with Crippen LogP contribution in [0.15, 0.2) is 78.9 Å². The van der Waals surface area contributed by atoms with Crippen LogP contribution < -0.4 is 14.4 Å². The number of amides is 2. The van der Waals surface area contributed by atoms with E-state index in [2.05, 4.69) is 5.32 Å². The fourth-order valence-corrected chi connectivity index (χ4v) is 5.39. The molecule has 3 rings (SSSR count). The van der Waals surface area contributed by atoms with Crippen LogP contribution in [0.5, 0.6) is 5.75 Å². The average Bonchev–Trinajstić information content (AvgIpc) is 2.95. The molecule has 0 fully saturated rings. The molecule has 0 saturated carbocycles. The molecule has 0 aliphatic rings. The number of hydrogen-bond donors (Lipinski definition) is 1. The molecular weight excluding hydrogens is 562 g/mol. The second-order valence-electron chi connectivity index (χ2n) is 9.81. The molecule has 0 aliphatic heterocycles. The number of sulfonamides is 1. The Kier molecular flexibility index (Phi) is 11.6. The molecular formula is C31H38ClN3O5S. The molecule has 0 aromatic heterocycles. The van der Waals surface area contributed by atoms with E-state index >= 15 is 0 Å². The van der Waals surface area contributed by atoms with Gasteiger partial charge in [0.1, 0.15) is 18.3 Å². The highest BCUT2D eigenvalue weighted by atomic mass is 35.5. The third-order valence-electron chi connectivity index (χ3n) is 6.68. The highest BCUT2D eigenvalue weighted by Crippen LogP contribution is 2.30. The first kappa shape index (κ1) is 32.0. The van der Waals surface area contributed by atoms with E-state index in [1.165, 1.54) is 4.90 Å². The van der Waals surface area contributed by atoms with Crippen LogP contribution in [-0.2, 0) is 32.6 Å². The fourth-order valence-electron chi connectivity index (χ4n) is 4.34. The predicted octanol–water partition coefficient (Wildman–Crippen LogP) is 5.06. The summed E-state index contributed by atoms with van der Waals surface area (Å²) >= 11 is 6.49. The van der Waals surface area contributed by atoms with Gasteiger partial charge in [0.25, 0.3) is 0 Å². The number of carbonyl (C=O) groups is 2. The van der Waals surface area contributed by atoms with Crippen LogP contribution in [0.1, 0.15) is 38.3 Å². The highest BCUT2D eigenvalue weighted by molar-refractivity contribution is 7.92. The monoisotopic (exact) mass is 599 g/mol. The molecule has 0 heterocycles. The first-order valence-corrected chi connectivity index (χ1v) is 15.8. The third-order valence-corrected chi connectivity index (χ3v) is 8.18. The quantitative estimate of drug-likeness (QED) is 0.279. The lowest BCUT2D eigenvalue weighted by Crippen LogP contribution is -2.54.